The lowest BCUT2D eigenvalue weighted by atomic mass is 9.47. The fraction of sp³-hybridized carbons (Fsp3) is 0.517. The number of nitrogens with one attached hydrogen (secondary N) is 1. The van der Waals surface area contributed by atoms with Crippen molar-refractivity contribution in [2.45, 2.75) is 62.2 Å². The number of phenols is 1. The van der Waals surface area contributed by atoms with Gasteiger partial charge in [0, 0.05) is 23.8 Å². The van der Waals surface area contributed by atoms with Crippen LogP contribution < -0.4 is 14.8 Å². The van der Waals surface area contributed by atoms with Crippen LogP contribution in [-0.4, -0.2) is 64.7 Å². The molecule has 37 heavy (non-hydrogen) atoms. The van der Waals surface area contributed by atoms with Crippen molar-refractivity contribution in [1.82, 2.24) is 4.90 Å². The van der Waals surface area contributed by atoms with E-state index in [4.69, 9.17) is 9.47 Å². The number of benzene rings is 2. The van der Waals surface area contributed by atoms with Gasteiger partial charge in [-0.25, -0.2) is 0 Å². The molecule has 1 saturated heterocycles. The van der Waals surface area contributed by atoms with Gasteiger partial charge in [0.05, 0.1) is 18.1 Å². The zero-order valence-corrected chi connectivity index (χ0v) is 21.1. The first kappa shape index (κ1) is 23.0. The number of methoxy groups -OCH3 is 1. The van der Waals surface area contributed by atoms with E-state index in [0.717, 1.165) is 29.8 Å². The molecule has 8 heteroatoms. The van der Waals surface area contributed by atoms with E-state index in [-0.39, 0.29) is 24.0 Å². The summed E-state index contributed by atoms with van der Waals surface area (Å²) in [6.07, 6.45) is 2.59. The SMILES string of the molecule is COc1ccc(NC(=O)C2C[C@@]3(O)[C@H]4Cc5ccc(O)c6c5[C@@]3(CCN4CC3CC3)[C@@H](O6)C2=O)c(C)c1. The van der Waals surface area contributed by atoms with Gasteiger partial charge in [-0.05, 0) is 86.9 Å². The number of aliphatic hydroxyl groups is 1. The van der Waals surface area contributed by atoms with E-state index in [0.29, 0.717) is 35.9 Å². The number of aryl methyl sites for hydroxylation is 1. The highest BCUT2D eigenvalue weighted by molar-refractivity contribution is 6.11. The number of ketones is 1. The number of likely N-dealkylation sites (tertiary alicyclic amines) is 1. The molecule has 2 bridgehead atoms. The summed E-state index contributed by atoms with van der Waals surface area (Å²) in [5.41, 5.74) is 0.928. The minimum absolute atomic E-state index is 0.0219. The maximum atomic E-state index is 14.0. The normalized spacial score (nSPS) is 33.5. The van der Waals surface area contributed by atoms with E-state index in [1.54, 1.807) is 25.3 Å². The van der Waals surface area contributed by atoms with Crippen molar-refractivity contribution in [3.63, 3.8) is 0 Å². The van der Waals surface area contributed by atoms with Crippen molar-refractivity contribution in [3.05, 3.63) is 47.0 Å². The van der Waals surface area contributed by atoms with E-state index < -0.39 is 28.9 Å². The predicted octanol–water partition coefficient (Wildman–Crippen LogP) is 2.71. The van der Waals surface area contributed by atoms with Gasteiger partial charge in [-0.1, -0.05) is 6.07 Å². The fourth-order valence-electron chi connectivity index (χ4n) is 7.65. The molecule has 2 aliphatic heterocycles. The zero-order valence-electron chi connectivity index (χ0n) is 21.1. The number of hydrogen-bond donors (Lipinski definition) is 3. The Balaban J connectivity index is 1.29. The number of ether oxygens (including phenoxy) is 2. The third-order valence-corrected chi connectivity index (χ3v) is 9.64. The Morgan fingerprint density at radius 1 is 1.27 bits per heavy atom. The molecular weight excluding hydrogens is 472 g/mol. The first-order valence-electron chi connectivity index (χ1n) is 13.2. The third kappa shape index (κ3) is 3.03. The molecule has 1 spiro atoms. The molecular formula is C29H32N2O6. The van der Waals surface area contributed by atoms with Crippen LogP contribution in [0.25, 0.3) is 0 Å². The summed E-state index contributed by atoms with van der Waals surface area (Å²) in [5, 5.41) is 26.3. The Morgan fingerprint density at radius 2 is 2.08 bits per heavy atom. The highest BCUT2D eigenvalue weighted by Gasteiger charge is 2.75. The van der Waals surface area contributed by atoms with Gasteiger partial charge in [0.1, 0.15) is 11.7 Å². The lowest BCUT2D eigenvalue weighted by molar-refractivity contribution is -0.197. The molecule has 2 aromatic carbocycles. The van der Waals surface area contributed by atoms with Crippen LogP contribution in [0.15, 0.2) is 30.3 Å². The van der Waals surface area contributed by atoms with Crippen LogP contribution in [0.1, 0.15) is 42.4 Å². The number of hydrogen-bond acceptors (Lipinski definition) is 7. The zero-order chi connectivity index (χ0) is 25.7. The summed E-state index contributed by atoms with van der Waals surface area (Å²) in [4.78, 5) is 30.0. The quantitative estimate of drug-likeness (QED) is 0.538. The molecule has 3 fully saturated rings. The molecule has 7 rings (SSSR count). The summed E-state index contributed by atoms with van der Waals surface area (Å²) < 4.78 is 11.5. The fourth-order valence-corrected chi connectivity index (χ4v) is 7.65. The van der Waals surface area contributed by atoms with Gasteiger partial charge in [0.15, 0.2) is 23.4 Å². The lowest BCUT2D eigenvalue weighted by Gasteiger charge is -2.63. The number of phenolic OH excluding ortho intramolecular Hbond substituents is 1. The number of anilines is 1. The first-order chi connectivity index (χ1) is 17.8. The molecule has 2 aromatic rings. The van der Waals surface area contributed by atoms with Gasteiger partial charge < -0.3 is 25.0 Å². The molecule has 8 nitrogen and oxygen atoms in total. The second-order valence-corrected chi connectivity index (χ2v) is 11.6. The molecule has 5 aliphatic rings. The summed E-state index contributed by atoms with van der Waals surface area (Å²) in [7, 11) is 1.58. The maximum absolute atomic E-state index is 14.0. The number of nitrogens with zero attached hydrogens (tertiary/aromatic N) is 1. The molecule has 3 N–H and O–H groups in total. The van der Waals surface area contributed by atoms with Crippen molar-refractivity contribution in [2.75, 3.05) is 25.5 Å². The number of carbonyl (C=O) groups is 2. The van der Waals surface area contributed by atoms with Crippen molar-refractivity contribution >= 4 is 17.4 Å². The largest absolute Gasteiger partial charge is 0.504 e. The van der Waals surface area contributed by atoms with Gasteiger partial charge in [-0.15, -0.1) is 0 Å². The molecule has 2 heterocycles. The Labute approximate surface area is 215 Å². The molecule has 2 saturated carbocycles. The summed E-state index contributed by atoms with van der Waals surface area (Å²) in [6.45, 7) is 3.55. The second-order valence-electron chi connectivity index (χ2n) is 11.6. The highest BCUT2D eigenvalue weighted by atomic mass is 16.5. The Bertz CT molecular complexity index is 1340. The monoisotopic (exact) mass is 504 g/mol. The van der Waals surface area contributed by atoms with Gasteiger partial charge in [0.2, 0.25) is 5.91 Å². The Hall–Kier alpha value is -3.10. The number of aromatic hydroxyl groups is 1. The minimum Gasteiger partial charge on any atom is -0.504 e. The van der Waals surface area contributed by atoms with Crippen LogP contribution in [0.2, 0.25) is 0 Å². The number of amides is 1. The Morgan fingerprint density at radius 3 is 2.81 bits per heavy atom. The molecule has 194 valence electrons. The molecule has 1 amide bonds. The summed E-state index contributed by atoms with van der Waals surface area (Å²) >= 11 is 0. The van der Waals surface area contributed by atoms with Gasteiger partial charge in [-0.2, -0.15) is 0 Å². The number of rotatable bonds is 5. The number of carbonyl (C=O) groups excluding carboxylic acids is 2. The van der Waals surface area contributed by atoms with E-state index in [2.05, 4.69) is 10.2 Å². The van der Waals surface area contributed by atoms with E-state index in [1.165, 1.54) is 12.8 Å². The molecule has 3 aliphatic carbocycles. The Kier molecular flexibility index (Phi) is 4.80. The van der Waals surface area contributed by atoms with Gasteiger partial charge in [0.25, 0.3) is 0 Å². The van der Waals surface area contributed by atoms with Crippen molar-refractivity contribution < 1.29 is 29.3 Å². The molecule has 0 radical (unpaired) electrons. The van der Waals surface area contributed by atoms with E-state index in [1.807, 2.05) is 19.1 Å². The average molecular weight is 505 g/mol. The topological polar surface area (TPSA) is 108 Å². The van der Waals surface area contributed by atoms with Crippen LogP contribution in [0.5, 0.6) is 17.2 Å². The number of piperidine rings is 1. The highest BCUT2D eigenvalue weighted by Crippen LogP contribution is 2.65. The van der Waals surface area contributed by atoms with Crippen LogP contribution in [0.3, 0.4) is 0 Å². The third-order valence-electron chi connectivity index (χ3n) is 9.64. The second kappa shape index (κ2) is 7.71. The first-order valence-corrected chi connectivity index (χ1v) is 13.2. The van der Waals surface area contributed by atoms with Crippen LogP contribution in [0.4, 0.5) is 5.69 Å². The smallest absolute Gasteiger partial charge is 0.235 e. The van der Waals surface area contributed by atoms with E-state index in [9.17, 15) is 19.8 Å². The van der Waals surface area contributed by atoms with Crippen LogP contribution in [-0.2, 0) is 21.4 Å². The molecule has 1 unspecified atom stereocenters. The number of Topliss-reactive ketones (excluding diaryl/α,β-unsaturated/α-hetero) is 1. The van der Waals surface area contributed by atoms with Crippen molar-refractivity contribution in [3.8, 4) is 17.2 Å². The van der Waals surface area contributed by atoms with Crippen LogP contribution >= 0.6 is 0 Å². The lowest BCUT2D eigenvalue weighted by Crippen LogP contribution is -2.78. The average Bonchev–Trinajstić information content (AvgIpc) is 3.62. The minimum atomic E-state index is -1.33. The van der Waals surface area contributed by atoms with Gasteiger partial charge in [-0.3, -0.25) is 14.5 Å². The summed E-state index contributed by atoms with van der Waals surface area (Å²) in [5.74, 6) is -0.228. The van der Waals surface area contributed by atoms with Gasteiger partial charge >= 0.3 is 0 Å². The molecule has 0 aromatic heterocycles. The summed E-state index contributed by atoms with van der Waals surface area (Å²) in [6, 6.07) is 8.65. The standard InChI is InChI=1S/C29H32N2O6/c1-15-11-18(36-2)6-7-20(15)30-27(34)19-13-29(35)22-12-17-5-8-21(32)25-23(17)28(29,26(37-25)24(19)33)9-10-31(22)14-16-3-4-16/h5-8,11,16,19,22,26,32,35H,3-4,9-10,12-14H2,1-2H3,(H,30,34)/t19?,22-,26+,28+,29-/m1/s1. The van der Waals surface area contributed by atoms with Crippen molar-refractivity contribution in [2.24, 2.45) is 11.8 Å². The maximum Gasteiger partial charge on any atom is 0.235 e. The van der Waals surface area contributed by atoms with Crippen molar-refractivity contribution in [1.29, 1.82) is 0 Å². The van der Waals surface area contributed by atoms with E-state index >= 15 is 0 Å². The molecule has 5 atom stereocenters. The van der Waals surface area contributed by atoms with Crippen LogP contribution in [0, 0.1) is 18.8 Å². The predicted molar refractivity (Wildman–Crippen MR) is 135 cm³/mol.